The van der Waals surface area contributed by atoms with E-state index in [2.05, 4.69) is 4.36 Å². The molecule has 0 aliphatic carbocycles. The number of carbonyl (C=O) groups is 1. The van der Waals surface area contributed by atoms with Crippen LogP contribution < -0.4 is 0 Å². The van der Waals surface area contributed by atoms with Gasteiger partial charge in [-0.25, -0.2) is 8.51 Å². The summed E-state index contributed by atoms with van der Waals surface area (Å²) in [7, 11) is 0.249. The van der Waals surface area contributed by atoms with Gasteiger partial charge in [-0.2, -0.15) is 0 Å². The first-order chi connectivity index (χ1) is 9.93. The van der Waals surface area contributed by atoms with Gasteiger partial charge in [0.05, 0.1) is 4.90 Å². The lowest BCUT2D eigenvalue weighted by Crippen LogP contribution is -2.23. The number of amides is 1. The first-order valence-electron chi connectivity index (χ1n) is 6.23. The molecule has 2 aromatic carbocycles. The van der Waals surface area contributed by atoms with Crippen LogP contribution in [0.1, 0.15) is 10.4 Å². The molecule has 0 spiro atoms. The Morgan fingerprint density at radius 2 is 1.62 bits per heavy atom. The average molecular weight is 323 g/mol. The molecule has 1 atom stereocenters. The van der Waals surface area contributed by atoms with Crippen molar-refractivity contribution in [2.24, 2.45) is 4.36 Å². The quantitative estimate of drug-likeness (QED) is 0.868. The van der Waals surface area contributed by atoms with Crippen LogP contribution in [0, 0.1) is 0 Å². The molecule has 0 heterocycles. The Bertz CT molecular complexity index is 749. The maximum atomic E-state index is 13.1. The van der Waals surface area contributed by atoms with Crippen LogP contribution in [0.4, 0.5) is 0 Å². The first-order valence-corrected chi connectivity index (χ1v) is 8.08. The van der Waals surface area contributed by atoms with Crippen molar-refractivity contribution in [1.29, 1.82) is 0 Å². The summed E-state index contributed by atoms with van der Waals surface area (Å²) in [6.45, 7) is 0. The third-order valence-corrected chi connectivity index (χ3v) is 5.38. The number of halogens is 1. The van der Waals surface area contributed by atoms with Crippen molar-refractivity contribution in [2.75, 3.05) is 14.1 Å². The van der Waals surface area contributed by atoms with Gasteiger partial charge < -0.3 is 0 Å². The Morgan fingerprint density at radius 3 is 2.14 bits per heavy atom. The van der Waals surface area contributed by atoms with E-state index in [1.807, 2.05) is 0 Å². The summed E-state index contributed by atoms with van der Waals surface area (Å²) in [5.74, 6) is -0.510. The molecule has 110 valence electrons. The van der Waals surface area contributed by atoms with Crippen LogP contribution in [-0.2, 0) is 9.92 Å². The van der Waals surface area contributed by atoms with E-state index in [9.17, 15) is 9.00 Å². The Labute approximate surface area is 129 Å². The Morgan fingerprint density at radius 1 is 1.05 bits per heavy atom. The largest absolute Gasteiger partial charge is 0.286 e. The van der Waals surface area contributed by atoms with Gasteiger partial charge in [0.1, 0.15) is 9.92 Å². The normalized spacial score (nSPS) is 13.7. The van der Waals surface area contributed by atoms with Crippen LogP contribution in [0.15, 0.2) is 63.9 Å². The number of hydrogen-bond acceptors (Lipinski definition) is 2. The Balaban J connectivity index is 2.53. The standard InChI is InChI=1S/C15H15ClN2O2S/c1-18(2)21(20,14-10-8-13(16)9-11-14)17-15(19)12-6-4-3-5-7-12/h3-11H,1-2H3/t21-/m1/s1. The smallest absolute Gasteiger partial charge is 0.266 e. The topological polar surface area (TPSA) is 49.7 Å². The monoisotopic (exact) mass is 322 g/mol. The number of rotatable bonds is 3. The molecular formula is C15H15ClN2O2S. The predicted octanol–water partition coefficient (Wildman–Crippen LogP) is 3.48. The van der Waals surface area contributed by atoms with E-state index in [0.29, 0.717) is 15.5 Å². The van der Waals surface area contributed by atoms with Crippen LogP contribution in [0.5, 0.6) is 0 Å². The van der Waals surface area contributed by atoms with Crippen molar-refractivity contribution in [1.82, 2.24) is 4.31 Å². The second kappa shape index (κ2) is 6.39. The lowest BCUT2D eigenvalue weighted by atomic mass is 10.2. The van der Waals surface area contributed by atoms with E-state index in [4.69, 9.17) is 11.6 Å². The Hall–Kier alpha value is -1.69. The van der Waals surface area contributed by atoms with Crippen molar-refractivity contribution < 1.29 is 9.00 Å². The van der Waals surface area contributed by atoms with Crippen LogP contribution in [-0.4, -0.2) is 28.5 Å². The first kappa shape index (κ1) is 15.7. The molecular weight excluding hydrogens is 308 g/mol. The van der Waals surface area contributed by atoms with Crippen LogP contribution in [0.3, 0.4) is 0 Å². The number of carbonyl (C=O) groups excluding carboxylic acids is 1. The predicted molar refractivity (Wildman–Crippen MR) is 84.7 cm³/mol. The zero-order valence-corrected chi connectivity index (χ0v) is 13.3. The summed E-state index contributed by atoms with van der Waals surface area (Å²) >= 11 is 5.84. The zero-order valence-electron chi connectivity index (χ0n) is 11.7. The molecule has 0 aromatic heterocycles. The van der Waals surface area contributed by atoms with E-state index in [1.54, 1.807) is 68.7 Å². The van der Waals surface area contributed by atoms with Crippen LogP contribution >= 0.6 is 11.6 Å². The van der Waals surface area contributed by atoms with Crippen molar-refractivity contribution >= 4 is 27.4 Å². The van der Waals surface area contributed by atoms with Gasteiger partial charge in [0.25, 0.3) is 5.91 Å². The van der Waals surface area contributed by atoms with Crippen molar-refractivity contribution in [3.63, 3.8) is 0 Å². The van der Waals surface area contributed by atoms with Gasteiger partial charge >= 0.3 is 0 Å². The third-order valence-electron chi connectivity index (χ3n) is 2.84. The zero-order chi connectivity index (χ0) is 15.5. The van der Waals surface area contributed by atoms with Gasteiger partial charge in [0, 0.05) is 24.7 Å². The van der Waals surface area contributed by atoms with Gasteiger partial charge in [-0.05, 0) is 36.4 Å². The molecule has 2 aromatic rings. The third kappa shape index (κ3) is 3.50. The minimum absolute atomic E-state index is 0.404. The minimum Gasteiger partial charge on any atom is -0.266 e. The molecule has 0 aliphatic rings. The van der Waals surface area contributed by atoms with E-state index in [0.717, 1.165) is 0 Å². The lowest BCUT2D eigenvalue weighted by molar-refractivity contribution is 0.100. The van der Waals surface area contributed by atoms with Crippen molar-refractivity contribution in [3.8, 4) is 0 Å². The van der Waals surface area contributed by atoms with Crippen molar-refractivity contribution in [3.05, 3.63) is 65.2 Å². The second-order valence-corrected chi connectivity index (χ2v) is 7.34. The molecule has 0 fully saturated rings. The highest BCUT2D eigenvalue weighted by Crippen LogP contribution is 2.20. The fourth-order valence-electron chi connectivity index (χ4n) is 1.70. The summed E-state index contributed by atoms with van der Waals surface area (Å²) in [6.07, 6.45) is 0. The maximum absolute atomic E-state index is 13.1. The highest BCUT2D eigenvalue weighted by atomic mass is 35.5. The fraction of sp³-hybridized carbons (Fsp3) is 0.133. The average Bonchev–Trinajstić information content (AvgIpc) is 2.48. The molecule has 0 unspecified atom stereocenters. The molecule has 0 saturated carbocycles. The summed E-state index contributed by atoms with van der Waals surface area (Å²) < 4.78 is 18.5. The molecule has 0 radical (unpaired) electrons. The molecule has 21 heavy (non-hydrogen) atoms. The highest BCUT2D eigenvalue weighted by Gasteiger charge is 2.18. The molecule has 1 amide bonds. The number of hydrogen-bond donors (Lipinski definition) is 0. The van der Waals surface area contributed by atoms with Gasteiger partial charge in [-0.1, -0.05) is 29.8 Å². The molecule has 0 aliphatic heterocycles. The van der Waals surface area contributed by atoms with Gasteiger partial charge in [-0.3, -0.25) is 4.79 Å². The summed E-state index contributed by atoms with van der Waals surface area (Å²) in [5, 5.41) is 0.536. The van der Waals surface area contributed by atoms with E-state index in [-0.39, 0.29) is 0 Å². The van der Waals surface area contributed by atoms with Crippen LogP contribution in [0.2, 0.25) is 5.02 Å². The van der Waals surface area contributed by atoms with E-state index in [1.165, 1.54) is 4.31 Å². The lowest BCUT2D eigenvalue weighted by Gasteiger charge is -2.17. The second-order valence-electron chi connectivity index (χ2n) is 4.53. The fourth-order valence-corrected chi connectivity index (χ4v) is 3.34. The molecule has 0 saturated heterocycles. The maximum Gasteiger partial charge on any atom is 0.286 e. The van der Waals surface area contributed by atoms with E-state index >= 15 is 0 Å². The SMILES string of the molecule is CN(C)[S@](=O)(=NC(=O)c1ccccc1)c1ccc(Cl)cc1. The van der Waals surface area contributed by atoms with Gasteiger partial charge in [-0.15, -0.1) is 4.36 Å². The Kier molecular flexibility index (Phi) is 4.77. The molecule has 2 rings (SSSR count). The minimum atomic E-state index is -3.00. The van der Waals surface area contributed by atoms with E-state index < -0.39 is 15.8 Å². The number of benzene rings is 2. The number of nitrogens with zero attached hydrogens (tertiary/aromatic N) is 2. The summed E-state index contributed by atoms with van der Waals surface area (Å²) in [4.78, 5) is 12.7. The summed E-state index contributed by atoms with van der Waals surface area (Å²) in [5.41, 5.74) is 0.404. The van der Waals surface area contributed by atoms with Gasteiger partial charge in [0.15, 0.2) is 0 Å². The van der Waals surface area contributed by atoms with Gasteiger partial charge in [0.2, 0.25) is 0 Å². The van der Waals surface area contributed by atoms with Crippen molar-refractivity contribution in [2.45, 2.75) is 4.90 Å². The highest BCUT2D eigenvalue weighted by molar-refractivity contribution is 7.91. The summed E-state index contributed by atoms with van der Waals surface area (Å²) in [6, 6.07) is 15.1. The molecule has 0 N–H and O–H groups in total. The molecule has 6 heteroatoms. The molecule has 4 nitrogen and oxygen atoms in total. The van der Waals surface area contributed by atoms with Crippen LogP contribution in [0.25, 0.3) is 0 Å². The molecule has 0 bridgehead atoms.